The molecule has 0 radical (unpaired) electrons. The molecule has 32 heavy (non-hydrogen) atoms. The number of carbonyl (C=O) groups is 1. The van der Waals surface area contributed by atoms with E-state index < -0.39 is 50.9 Å². The van der Waals surface area contributed by atoms with Crippen molar-refractivity contribution in [2.45, 2.75) is 6.42 Å². The van der Waals surface area contributed by atoms with Gasteiger partial charge in [0.25, 0.3) is 0 Å². The van der Waals surface area contributed by atoms with E-state index in [-0.39, 0.29) is 43.9 Å². The van der Waals surface area contributed by atoms with Crippen LogP contribution in [0.4, 0.5) is 23.2 Å². The van der Waals surface area contributed by atoms with Gasteiger partial charge in [-0.15, -0.1) is 0 Å². The maximum Gasteiger partial charge on any atom is 0.247 e. The summed E-state index contributed by atoms with van der Waals surface area (Å²) in [6.45, 7) is 0.277. The standard InChI is InChI=1S/C20H21F4N3O4S/c21-15-2-4-19(18(24)11-15)26-5-7-27(8-6-26)32(30,31)12-14(20(28)25-29)9-13-1-3-16(22)17(23)10-13/h1-4,10-11,14,29H,5-9,12H2,(H,25,28)/t14-/m0/s1. The van der Waals surface area contributed by atoms with Gasteiger partial charge in [-0.1, -0.05) is 6.07 Å². The molecule has 7 nitrogen and oxygen atoms in total. The van der Waals surface area contributed by atoms with Gasteiger partial charge in [0.15, 0.2) is 11.6 Å². The summed E-state index contributed by atoms with van der Waals surface area (Å²) >= 11 is 0. The number of hydrogen-bond acceptors (Lipinski definition) is 5. The smallest absolute Gasteiger partial charge is 0.247 e. The Balaban J connectivity index is 1.68. The summed E-state index contributed by atoms with van der Waals surface area (Å²) in [7, 11) is -3.99. The molecule has 0 aliphatic carbocycles. The maximum absolute atomic E-state index is 14.0. The topological polar surface area (TPSA) is 89.9 Å². The molecule has 1 fully saturated rings. The van der Waals surface area contributed by atoms with Gasteiger partial charge in [-0.25, -0.2) is 31.5 Å². The number of carbonyl (C=O) groups excluding carboxylic acids is 1. The van der Waals surface area contributed by atoms with Crippen LogP contribution in [0.2, 0.25) is 0 Å². The van der Waals surface area contributed by atoms with Crippen LogP contribution in [-0.2, 0) is 21.2 Å². The van der Waals surface area contributed by atoms with Crippen molar-refractivity contribution in [2.24, 2.45) is 5.92 Å². The van der Waals surface area contributed by atoms with E-state index >= 15 is 0 Å². The summed E-state index contributed by atoms with van der Waals surface area (Å²) in [5, 5.41) is 8.98. The van der Waals surface area contributed by atoms with Crippen molar-refractivity contribution >= 4 is 21.6 Å². The number of sulfonamides is 1. The Kier molecular flexibility index (Phi) is 7.36. The van der Waals surface area contributed by atoms with E-state index in [1.807, 2.05) is 0 Å². The molecular weight excluding hydrogens is 454 g/mol. The molecule has 1 amide bonds. The average Bonchev–Trinajstić information content (AvgIpc) is 2.75. The molecule has 12 heteroatoms. The van der Waals surface area contributed by atoms with Crippen molar-refractivity contribution in [1.29, 1.82) is 0 Å². The monoisotopic (exact) mass is 475 g/mol. The fourth-order valence-electron chi connectivity index (χ4n) is 3.57. The third-order valence-electron chi connectivity index (χ3n) is 5.24. The molecule has 2 aromatic carbocycles. The number of piperazine rings is 1. The van der Waals surface area contributed by atoms with Crippen LogP contribution >= 0.6 is 0 Å². The second-order valence-electron chi connectivity index (χ2n) is 7.39. The third-order valence-corrected chi connectivity index (χ3v) is 7.22. The lowest BCUT2D eigenvalue weighted by Crippen LogP contribution is -2.51. The lowest BCUT2D eigenvalue weighted by Gasteiger charge is -2.36. The molecule has 0 spiro atoms. The van der Waals surface area contributed by atoms with Crippen molar-refractivity contribution in [3.63, 3.8) is 0 Å². The Bertz CT molecular complexity index is 1090. The van der Waals surface area contributed by atoms with Crippen LogP contribution in [0, 0.1) is 29.2 Å². The van der Waals surface area contributed by atoms with E-state index in [9.17, 15) is 30.8 Å². The molecule has 0 aromatic heterocycles. The first kappa shape index (κ1) is 24.0. The van der Waals surface area contributed by atoms with Crippen LogP contribution in [0.3, 0.4) is 0 Å². The van der Waals surface area contributed by atoms with Crippen LogP contribution in [0.15, 0.2) is 36.4 Å². The van der Waals surface area contributed by atoms with E-state index in [1.54, 1.807) is 4.90 Å². The van der Waals surface area contributed by atoms with Crippen molar-refractivity contribution in [3.05, 3.63) is 65.2 Å². The lowest BCUT2D eigenvalue weighted by molar-refractivity contribution is -0.132. The van der Waals surface area contributed by atoms with Crippen LogP contribution < -0.4 is 10.4 Å². The predicted molar refractivity (Wildman–Crippen MR) is 107 cm³/mol. The summed E-state index contributed by atoms with van der Waals surface area (Å²) in [5.74, 6) is -6.62. The van der Waals surface area contributed by atoms with E-state index in [4.69, 9.17) is 5.21 Å². The SMILES string of the molecule is O=C(NO)[C@@H](Cc1ccc(F)c(F)c1)CS(=O)(=O)N1CCN(c2ccc(F)cc2F)CC1. The highest BCUT2D eigenvalue weighted by molar-refractivity contribution is 7.89. The minimum absolute atomic E-state index is 0.00219. The van der Waals surface area contributed by atoms with E-state index in [1.165, 1.54) is 17.6 Å². The summed E-state index contributed by atoms with van der Waals surface area (Å²) in [5.41, 5.74) is 1.74. The number of halogens is 4. The normalized spacial score (nSPS) is 16.1. The number of amides is 1. The zero-order valence-corrected chi connectivity index (χ0v) is 17.6. The van der Waals surface area contributed by atoms with Gasteiger partial charge in [-0.05, 0) is 36.2 Å². The number of nitrogens with zero attached hydrogens (tertiary/aromatic N) is 2. The molecule has 1 saturated heterocycles. The highest BCUT2D eigenvalue weighted by atomic mass is 32.2. The van der Waals surface area contributed by atoms with Crippen LogP contribution in [0.1, 0.15) is 5.56 Å². The van der Waals surface area contributed by atoms with Crippen molar-refractivity contribution in [2.75, 3.05) is 36.8 Å². The molecule has 0 unspecified atom stereocenters. The van der Waals surface area contributed by atoms with Gasteiger partial charge in [0, 0.05) is 32.2 Å². The van der Waals surface area contributed by atoms with Crippen molar-refractivity contribution in [1.82, 2.24) is 9.79 Å². The molecule has 1 aliphatic heterocycles. The summed E-state index contributed by atoms with van der Waals surface area (Å²) in [6.07, 6.45) is -0.246. The summed E-state index contributed by atoms with van der Waals surface area (Å²) in [6, 6.07) is 6.07. The molecule has 0 saturated carbocycles. The first-order chi connectivity index (χ1) is 15.1. The van der Waals surface area contributed by atoms with Gasteiger partial charge >= 0.3 is 0 Å². The number of benzene rings is 2. The Morgan fingerprint density at radius 2 is 1.66 bits per heavy atom. The fraction of sp³-hybridized carbons (Fsp3) is 0.350. The van der Waals surface area contributed by atoms with E-state index in [0.717, 1.165) is 28.6 Å². The second kappa shape index (κ2) is 9.84. The predicted octanol–water partition coefficient (Wildman–Crippen LogP) is 2.06. The van der Waals surface area contributed by atoms with Crippen molar-refractivity contribution < 1.29 is 36.0 Å². The van der Waals surface area contributed by atoms with Gasteiger partial charge in [0.2, 0.25) is 15.9 Å². The molecule has 2 N–H and O–H groups in total. The first-order valence-electron chi connectivity index (χ1n) is 9.66. The van der Waals surface area contributed by atoms with Crippen LogP contribution in [0.5, 0.6) is 0 Å². The number of rotatable bonds is 7. The molecule has 1 heterocycles. The molecular formula is C20H21F4N3O4S. The molecule has 174 valence electrons. The molecule has 1 aliphatic rings. The number of nitrogens with one attached hydrogen (secondary N) is 1. The van der Waals surface area contributed by atoms with Gasteiger partial charge < -0.3 is 4.90 Å². The van der Waals surface area contributed by atoms with Gasteiger partial charge in [0.05, 0.1) is 17.4 Å². The quantitative estimate of drug-likeness (QED) is 0.364. The van der Waals surface area contributed by atoms with Gasteiger partial charge in [-0.3, -0.25) is 10.0 Å². The fourth-order valence-corrected chi connectivity index (χ4v) is 5.28. The molecule has 1 atom stereocenters. The minimum atomic E-state index is -3.99. The lowest BCUT2D eigenvalue weighted by atomic mass is 10.0. The van der Waals surface area contributed by atoms with E-state index in [0.29, 0.717) is 0 Å². The Hall–Kier alpha value is -2.70. The highest BCUT2D eigenvalue weighted by Gasteiger charge is 2.33. The Morgan fingerprint density at radius 3 is 2.25 bits per heavy atom. The number of anilines is 1. The van der Waals surface area contributed by atoms with Gasteiger partial charge in [-0.2, -0.15) is 4.31 Å². The second-order valence-corrected chi connectivity index (χ2v) is 9.40. The van der Waals surface area contributed by atoms with Crippen LogP contribution in [0.25, 0.3) is 0 Å². The number of hydrogen-bond donors (Lipinski definition) is 2. The molecule has 3 rings (SSSR count). The zero-order valence-electron chi connectivity index (χ0n) is 16.8. The van der Waals surface area contributed by atoms with E-state index in [2.05, 4.69) is 0 Å². The maximum atomic E-state index is 14.0. The largest absolute Gasteiger partial charge is 0.367 e. The third kappa shape index (κ3) is 5.56. The Morgan fingerprint density at radius 1 is 0.969 bits per heavy atom. The minimum Gasteiger partial charge on any atom is -0.367 e. The zero-order chi connectivity index (χ0) is 23.5. The molecule has 0 bridgehead atoms. The summed E-state index contributed by atoms with van der Waals surface area (Å²) < 4.78 is 80.6. The summed E-state index contributed by atoms with van der Waals surface area (Å²) in [4.78, 5) is 13.6. The molecule has 2 aromatic rings. The first-order valence-corrected chi connectivity index (χ1v) is 11.3. The van der Waals surface area contributed by atoms with Crippen LogP contribution in [-0.4, -0.2) is 55.8 Å². The highest BCUT2D eigenvalue weighted by Crippen LogP contribution is 2.23. The van der Waals surface area contributed by atoms with Gasteiger partial charge in [0.1, 0.15) is 11.6 Å². The van der Waals surface area contributed by atoms with Crippen molar-refractivity contribution in [3.8, 4) is 0 Å². The average molecular weight is 475 g/mol. The number of hydroxylamine groups is 1. The Labute approximate surface area is 182 Å².